The average Bonchev–Trinajstić information content (AvgIpc) is 2.14. The molecule has 17 heavy (non-hydrogen) atoms. The molecular formula is C11H21N3O2S. The van der Waals surface area contributed by atoms with Gasteiger partial charge in [-0.25, -0.2) is 4.79 Å². The van der Waals surface area contributed by atoms with Crippen LogP contribution in [0.3, 0.4) is 0 Å². The van der Waals surface area contributed by atoms with Gasteiger partial charge in [-0.3, -0.25) is 0 Å². The second kappa shape index (κ2) is 5.53. The smallest absolute Gasteiger partial charge is 0.407 e. The molecule has 0 aliphatic carbocycles. The highest BCUT2D eigenvalue weighted by Crippen LogP contribution is 2.11. The number of nitrogens with zero attached hydrogens (tertiary/aromatic N) is 1. The van der Waals surface area contributed by atoms with Gasteiger partial charge in [-0.05, 0) is 45.8 Å². The minimum Gasteiger partial charge on any atom is -0.444 e. The fraction of sp³-hybridized carbons (Fsp3) is 0.818. The van der Waals surface area contributed by atoms with Crippen LogP contribution in [0.25, 0.3) is 0 Å². The van der Waals surface area contributed by atoms with Gasteiger partial charge in [-0.1, -0.05) is 0 Å². The third-order valence-electron chi connectivity index (χ3n) is 2.45. The van der Waals surface area contributed by atoms with Crippen molar-refractivity contribution in [1.82, 2.24) is 10.2 Å². The molecule has 1 amide bonds. The Labute approximate surface area is 108 Å². The molecule has 0 saturated carbocycles. The first-order chi connectivity index (χ1) is 7.78. The molecule has 0 radical (unpaired) electrons. The number of hydrogen-bond acceptors (Lipinski definition) is 3. The molecule has 0 spiro atoms. The van der Waals surface area contributed by atoms with Crippen LogP contribution >= 0.6 is 12.2 Å². The van der Waals surface area contributed by atoms with Crippen molar-refractivity contribution in [1.29, 1.82) is 0 Å². The van der Waals surface area contributed by atoms with Crippen molar-refractivity contribution < 1.29 is 9.53 Å². The monoisotopic (exact) mass is 259 g/mol. The molecule has 1 aliphatic rings. The van der Waals surface area contributed by atoms with Crippen molar-refractivity contribution in [3.63, 3.8) is 0 Å². The molecule has 1 unspecified atom stereocenters. The van der Waals surface area contributed by atoms with Crippen molar-refractivity contribution in [2.24, 2.45) is 5.73 Å². The third-order valence-corrected chi connectivity index (χ3v) is 2.71. The Kier molecular flexibility index (Phi) is 4.56. The van der Waals surface area contributed by atoms with Gasteiger partial charge >= 0.3 is 6.09 Å². The quantitative estimate of drug-likeness (QED) is 0.693. The van der Waals surface area contributed by atoms with Crippen LogP contribution in [0.2, 0.25) is 0 Å². The number of piperidine rings is 1. The van der Waals surface area contributed by atoms with E-state index in [0.717, 1.165) is 19.4 Å². The first-order valence-corrected chi connectivity index (χ1v) is 6.22. The summed E-state index contributed by atoms with van der Waals surface area (Å²) in [4.78, 5) is 13.5. The van der Waals surface area contributed by atoms with Crippen LogP contribution in [0.4, 0.5) is 4.79 Å². The predicted molar refractivity (Wildman–Crippen MR) is 70.8 cm³/mol. The molecule has 5 nitrogen and oxygen atoms in total. The lowest BCUT2D eigenvalue weighted by molar-refractivity contribution is 0.0486. The van der Waals surface area contributed by atoms with E-state index in [0.29, 0.717) is 11.7 Å². The molecule has 0 bridgehead atoms. The third kappa shape index (κ3) is 5.21. The number of rotatable bonds is 1. The number of alkyl carbamates (subject to hydrolysis) is 1. The standard InChI is InChI=1S/C11H21N3O2S/c1-11(2,3)16-10(15)13-8-5-4-6-14(7-8)9(12)17/h8H,4-7H2,1-3H3,(H2,12,17)(H,13,15). The van der Waals surface area contributed by atoms with Gasteiger partial charge in [0.05, 0.1) is 0 Å². The Balaban J connectivity index is 2.41. The summed E-state index contributed by atoms with van der Waals surface area (Å²) in [6.07, 6.45) is 1.52. The van der Waals surface area contributed by atoms with Crippen molar-refractivity contribution >= 4 is 23.4 Å². The molecule has 1 saturated heterocycles. The minimum absolute atomic E-state index is 0.0556. The molecule has 6 heteroatoms. The first kappa shape index (κ1) is 14.0. The van der Waals surface area contributed by atoms with Gasteiger partial charge in [0.25, 0.3) is 0 Å². The van der Waals surface area contributed by atoms with Crippen LogP contribution in [0.1, 0.15) is 33.6 Å². The largest absolute Gasteiger partial charge is 0.444 e. The SMILES string of the molecule is CC(C)(C)OC(=O)NC1CCCN(C(N)=S)C1. The first-order valence-electron chi connectivity index (χ1n) is 5.82. The maximum absolute atomic E-state index is 11.6. The molecule has 1 heterocycles. The number of thiocarbonyl (C=S) groups is 1. The number of ether oxygens (including phenoxy) is 1. The molecular weight excluding hydrogens is 238 g/mol. The molecule has 1 fully saturated rings. The van der Waals surface area contributed by atoms with E-state index < -0.39 is 5.60 Å². The number of nitrogens with two attached hydrogens (primary N) is 1. The number of carbonyl (C=O) groups excluding carboxylic acids is 1. The van der Waals surface area contributed by atoms with Crippen molar-refractivity contribution in [2.75, 3.05) is 13.1 Å². The topological polar surface area (TPSA) is 67.6 Å². The normalized spacial score (nSPS) is 20.9. The Morgan fingerprint density at radius 3 is 2.71 bits per heavy atom. The Hall–Kier alpha value is -1.04. The summed E-state index contributed by atoms with van der Waals surface area (Å²) in [5, 5.41) is 3.23. The Bertz CT molecular complexity index is 302. The second-order valence-corrected chi connectivity index (χ2v) is 5.69. The van der Waals surface area contributed by atoms with Crippen molar-refractivity contribution in [3.8, 4) is 0 Å². The highest BCUT2D eigenvalue weighted by molar-refractivity contribution is 7.80. The van der Waals surface area contributed by atoms with Gasteiger partial charge in [0, 0.05) is 19.1 Å². The summed E-state index contributed by atoms with van der Waals surface area (Å²) in [5.41, 5.74) is 5.10. The maximum atomic E-state index is 11.6. The lowest BCUT2D eigenvalue weighted by atomic mass is 10.1. The molecule has 1 atom stereocenters. The van der Waals surface area contributed by atoms with Gasteiger partial charge in [0.15, 0.2) is 5.11 Å². The summed E-state index contributed by atoms with van der Waals surface area (Å²) in [5.74, 6) is 0. The van der Waals surface area contributed by atoms with E-state index in [-0.39, 0.29) is 12.1 Å². The molecule has 1 aliphatic heterocycles. The number of hydrogen-bond donors (Lipinski definition) is 2. The van der Waals surface area contributed by atoms with Gasteiger partial charge in [0.2, 0.25) is 0 Å². The van der Waals surface area contributed by atoms with Crippen LogP contribution < -0.4 is 11.1 Å². The van der Waals surface area contributed by atoms with Crippen LogP contribution in [-0.2, 0) is 4.74 Å². The molecule has 0 aromatic rings. The average molecular weight is 259 g/mol. The number of nitrogens with one attached hydrogen (secondary N) is 1. The molecule has 0 aromatic carbocycles. The van der Waals surface area contributed by atoms with E-state index in [4.69, 9.17) is 22.7 Å². The Morgan fingerprint density at radius 1 is 1.53 bits per heavy atom. The van der Waals surface area contributed by atoms with Gasteiger partial charge in [-0.2, -0.15) is 0 Å². The van der Waals surface area contributed by atoms with Crippen molar-refractivity contribution in [3.05, 3.63) is 0 Å². The van der Waals surface area contributed by atoms with E-state index >= 15 is 0 Å². The van der Waals surface area contributed by atoms with Crippen molar-refractivity contribution in [2.45, 2.75) is 45.3 Å². The summed E-state index contributed by atoms with van der Waals surface area (Å²) in [7, 11) is 0. The van der Waals surface area contributed by atoms with E-state index in [9.17, 15) is 4.79 Å². The minimum atomic E-state index is -0.471. The predicted octanol–water partition coefficient (Wildman–Crippen LogP) is 1.22. The van der Waals surface area contributed by atoms with Gasteiger partial charge in [-0.15, -0.1) is 0 Å². The number of carbonyl (C=O) groups is 1. The van der Waals surface area contributed by atoms with E-state index in [2.05, 4.69) is 5.32 Å². The molecule has 0 aromatic heterocycles. The summed E-state index contributed by atoms with van der Waals surface area (Å²) >= 11 is 4.93. The zero-order chi connectivity index (χ0) is 13.1. The van der Waals surface area contributed by atoms with Crippen LogP contribution in [0.15, 0.2) is 0 Å². The van der Waals surface area contributed by atoms with Crippen LogP contribution in [0, 0.1) is 0 Å². The van der Waals surface area contributed by atoms with Crippen LogP contribution in [0.5, 0.6) is 0 Å². The zero-order valence-electron chi connectivity index (χ0n) is 10.7. The summed E-state index contributed by atoms with van der Waals surface area (Å²) in [6, 6.07) is 0.0556. The fourth-order valence-electron chi connectivity index (χ4n) is 1.77. The molecule has 3 N–H and O–H groups in total. The maximum Gasteiger partial charge on any atom is 0.407 e. The molecule has 98 valence electrons. The summed E-state index contributed by atoms with van der Waals surface area (Å²) in [6.45, 7) is 7.05. The Morgan fingerprint density at radius 2 is 2.18 bits per heavy atom. The summed E-state index contributed by atoms with van der Waals surface area (Å²) < 4.78 is 5.20. The number of likely N-dealkylation sites (tertiary alicyclic amines) is 1. The highest BCUT2D eigenvalue weighted by atomic mass is 32.1. The number of amides is 1. The van der Waals surface area contributed by atoms with E-state index in [1.165, 1.54) is 0 Å². The van der Waals surface area contributed by atoms with E-state index in [1.807, 2.05) is 25.7 Å². The lowest BCUT2D eigenvalue weighted by Gasteiger charge is -2.33. The fourth-order valence-corrected chi connectivity index (χ4v) is 1.94. The van der Waals surface area contributed by atoms with Crippen LogP contribution in [-0.4, -0.2) is 40.8 Å². The van der Waals surface area contributed by atoms with Gasteiger partial charge in [0.1, 0.15) is 5.60 Å². The second-order valence-electron chi connectivity index (χ2n) is 5.27. The van der Waals surface area contributed by atoms with Gasteiger partial charge < -0.3 is 20.7 Å². The molecule has 1 rings (SSSR count). The zero-order valence-corrected chi connectivity index (χ0v) is 11.5. The highest BCUT2D eigenvalue weighted by Gasteiger charge is 2.24. The lowest BCUT2D eigenvalue weighted by Crippen LogP contribution is -2.51. The van der Waals surface area contributed by atoms with E-state index in [1.54, 1.807) is 0 Å².